The first kappa shape index (κ1) is 11.7. The van der Waals surface area contributed by atoms with E-state index in [1.54, 1.807) is 0 Å². The summed E-state index contributed by atoms with van der Waals surface area (Å²) in [6.45, 7) is 3.77. The molecule has 17 heavy (non-hydrogen) atoms. The number of furan rings is 1. The Morgan fingerprint density at radius 1 is 1.53 bits per heavy atom. The number of rotatable bonds is 3. The van der Waals surface area contributed by atoms with E-state index in [-0.39, 0.29) is 16.6 Å². The van der Waals surface area contributed by atoms with Gasteiger partial charge in [-0.05, 0) is 26.0 Å². The number of anilines is 1. The molecule has 90 valence electrons. The zero-order chi connectivity index (χ0) is 12.4. The van der Waals surface area contributed by atoms with Gasteiger partial charge >= 0.3 is 0 Å². The molecule has 0 aromatic carbocycles. The molecule has 0 fully saturated rings. The van der Waals surface area contributed by atoms with Gasteiger partial charge in [0.15, 0.2) is 5.82 Å². The molecule has 0 aliphatic heterocycles. The van der Waals surface area contributed by atoms with Crippen LogP contribution in [0.5, 0.6) is 0 Å². The number of nitrogens with zero attached hydrogens (tertiary/aromatic N) is 1. The smallest absolute Gasteiger partial charge is 0.271 e. The first-order chi connectivity index (χ1) is 8.08. The van der Waals surface area contributed by atoms with E-state index in [1.165, 1.54) is 6.33 Å². The van der Waals surface area contributed by atoms with E-state index in [2.05, 4.69) is 15.3 Å². The topological polar surface area (TPSA) is 70.9 Å². The van der Waals surface area contributed by atoms with E-state index >= 15 is 0 Å². The summed E-state index contributed by atoms with van der Waals surface area (Å²) >= 11 is 5.83. The summed E-state index contributed by atoms with van der Waals surface area (Å²) in [4.78, 5) is 17.6. The molecule has 1 unspecified atom stereocenters. The molecule has 2 rings (SSSR count). The number of halogens is 1. The Morgan fingerprint density at radius 3 is 2.94 bits per heavy atom. The molecular weight excluding hydrogens is 242 g/mol. The molecule has 5 nitrogen and oxygen atoms in total. The average Bonchev–Trinajstić information content (AvgIpc) is 2.72. The maximum absolute atomic E-state index is 11.3. The number of aromatic nitrogens is 2. The molecule has 0 bridgehead atoms. The highest BCUT2D eigenvalue weighted by Gasteiger charge is 2.13. The van der Waals surface area contributed by atoms with Crippen molar-refractivity contribution in [3.8, 4) is 0 Å². The van der Waals surface area contributed by atoms with Crippen molar-refractivity contribution < 1.29 is 4.42 Å². The van der Waals surface area contributed by atoms with Gasteiger partial charge in [-0.1, -0.05) is 11.6 Å². The largest absolute Gasteiger partial charge is 0.464 e. The van der Waals surface area contributed by atoms with Crippen LogP contribution in [0.4, 0.5) is 5.82 Å². The van der Waals surface area contributed by atoms with Gasteiger partial charge in [-0.25, -0.2) is 4.98 Å². The molecule has 0 radical (unpaired) electrons. The highest BCUT2D eigenvalue weighted by atomic mass is 35.5. The molecule has 2 aromatic rings. The van der Waals surface area contributed by atoms with E-state index in [0.29, 0.717) is 5.82 Å². The third-order valence-corrected chi connectivity index (χ3v) is 2.69. The number of nitrogens with one attached hydrogen (secondary N) is 2. The van der Waals surface area contributed by atoms with Crippen LogP contribution in [-0.4, -0.2) is 9.97 Å². The molecule has 2 N–H and O–H groups in total. The van der Waals surface area contributed by atoms with Gasteiger partial charge in [0, 0.05) is 0 Å². The monoisotopic (exact) mass is 253 g/mol. The zero-order valence-corrected chi connectivity index (χ0v) is 10.2. The van der Waals surface area contributed by atoms with Crippen molar-refractivity contribution in [2.45, 2.75) is 19.9 Å². The second-order valence-electron chi connectivity index (χ2n) is 3.71. The second-order valence-corrected chi connectivity index (χ2v) is 4.09. The lowest BCUT2D eigenvalue weighted by molar-refractivity contribution is 0.466. The Labute approximate surface area is 103 Å². The molecule has 1 atom stereocenters. The average molecular weight is 254 g/mol. The predicted molar refractivity (Wildman–Crippen MR) is 65.4 cm³/mol. The van der Waals surface area contributed by atoms with Gasteiger partial charge in [0.1, 0.15) is 16.5 Å². The summed E-state index contributed by atoms with van der Waals surface area (Å²) in [5, 5.41) is 3.07. The minimum atomic E-state index is -0.369. The van der Waals surface area contributed by atoms with Gasteiger partial charge in [-0.3, -0.25) is 4.79 Å². The van der Waals surface area contributed by atoms with Crippen molar-refractivity contribution in [3.05, 3.63) is 45.4 Å². The van der Waals surface area contributed by atoms with Crippen LogP contribution in [0.1, 0.15) is 24.5 Å². The summed E-state index contributed by atoms with van der Waals surface area (Å²) in [7, 11) is 0. The number of H-pyrrole nitrogens is 1. The molecule has 6 heteroatoms. The summed E-state index contributed by atoms with van der Waals surface area (Å²) in [6.07, 6.45) is 1.30. The van der Waals surface area contributed by atoms with Crippen LogP contribution in [0.3, 0.4) is 0 Å². The molecule has 0 spiro atoms. The molecule has 2 aromatic heterocycles. The number of hydrogen-bond donors (Lipinski definition) is 2. The third kappa shape index (κ3) is 2.50. The van der Waals surface area contributed by atoms with Gasteiger partial charge < -0.3 is 14.7 Å². The highest BCUT2D eigenvalue weighted by molar-refractivity contribution is 6.32. The lowest BCUT2D eigenvalue weighted by Crippen LogP contribution is -2.14. The number of aryl methyl sites for hydroxylation is 1. The van der Waals surface area contributed by atoms with E-state index in [4.69, 9.17) is 16.0 Å². The summed E-state index contributed by atoms with van der Waals surface area (Å²) in [5.41, 5.74) is -0.369. The van der Waals surface area contributed by atoms with Crippen LogP contribution in [0.2, 0.25) is 5.02 Å². The Hall–Kier alpha value is -1.75. The van der Waals surface area contributed by atoms with Crippen molar-refractivity contribution in [2.75, 3.05) is 5.32 Å². The van der Waals surface area contributed by atoms with E-state index < -0.39 is 0 Å². The maximum Gasteiger partial charge on any atom is 0.271 e. The Balaban J connectivity index is 2.21. The third-order valence-electron chi connectivity index (χ3n) is 2.34. The van der Waals surface area contributed by atoms with Crippen LogP contribution >= 0.6 is 11.6 Å². The van der Waals surface area contributed by atoms with E-state index in [0.717, 1.165) is 11.5 Å². The van der Waals surface area contributed by atoms with Crippen molar-refractivity contribution in [1.29, 1.82) is 0 Å². The van der Waals surface area contributed by atoms with Crippen molar-refractivity contribution >= 4 is 17.4 Å². The normalized spacial score (nSPS) is 12.4. The molecule has 0 saturated carbocycles. The minimum absolute atomic E-state index is 0.0441. The fourth-order valence-electron chi connectivity index (χ4n) is 1.45. The Morgan fingerprint density at radius 2 is 2.29 bits per heavy atom. The minimum Gasteiger partial charge on any atom is -0.464 e. The summed E-state index contributed by atoms with van der Waals surface area (Å²) in [5.74, 6) is 1.94. The lowest BCUT2D eigenvalue weighted by Gasteiger charge is -2.12. The van der Waals surface area contributed by atoms with Crippen molar-refractivity contribution in [1.82, 2.24) is 9.97 Å². The van der Waals surface area contributed by atoms with Gasteiger partial charge in [0.25, 0.3) is 5.56 Å². The predicted octanol–water partition coefficient (Wildman–Crippen LogP) is 2.50. The summed E-state index contributed by atoms with van der Waals surface area (Å²) in [6, 6.07) is 3.63. The molecule has 0 saturated heterocycles. The van der Waals surface area contributed by atoms with Crippen molar-refractivity contribution in [2.24, 2.45) is 0 Å². The molecular formula is C11H12ClN3O2. The van der Waals surface area contributed by atoms with Gasteiger partial charge in [0.05, 0.1) is 12.4 Å². The first-order valence-electron chi connectivity index (χ1n) is 5.14. The number of hydrogen-bond acceptors (Lipinski definition) is 4. The fourth-order valence-corrected chi connectivity index (χ4v) is 1.60. The molecule has 0 aliphatic rings. The van der Waals surface area contributed by atoms with Crippen molar-refractivity contribution in [3.63, 3.8) is 0 Å². The zero-order valence-electron chi connectivity index (χ0n) is 9.45. The quantitative estimate of drug-likeness (QED) is 0.882. The molecule has 2 heterocycles. The lowest BCUT2D eigenvalue weighted by atomic mass is 10.2. The Bertz CT molecular complexity index is 576. The van der Waals surface area contributed by atoms with Gasteiger partial charge in [-0.15, -0.1) is 0 Å². The molecule has 0 aliphatic carbocycles. The first-order valence-corrected chi connectivity index (χ1v) is 5.52. The van der Waals surface area contributed by atoms with E-state index in [9.17, 15) is 4.79 Å². The van der Waals surface area contributed by atoms with E-state index in [1.807, 2.05) is 26.0 Å². The summed E-state index contributed by atoms with van der Waals surface area (Å²) < 4.78 is 5.47. The second kappa shape index (κ2) is 4.63. The van der Waals surface area contributed by atoms with Crippen LogP contribution < -0.4 is 10.9 Å². The van der Waals surface area contributed by atoms with Crippen LogP contribution in [0.15, 0.2) is 27.7 Å². The van der Waals surface area contributed by atoms with Gasteiger partial charge in [-0.2, -0.15) is 0 Å². The fraction of sp³-hybridized carbons (Fsp3) is 0.273. The highest BCUT2D eigenvalue weighted by Crippen LogP contribution is 2.22. The van der Waals surface area contributed by atoms with Crippen LogP contribution in [-0.2, 0) is 0 Å². The Kier molecular flexibility index (Phi) is 3.19. The van der Waals surface area contributed by atoms with Crippen LogP contribution in [0.25, 0.3) is 0 Å². The number of aromatic amines is 1. The molecule has 0 amide bonds. The standard InChI is InChI=1S/C11H12ClN3O2/c1-6-3-4-8(17-6)7(2)15-10-9(12)11(16)14-5-13-10/h3-5,7H,1-2H3,(H2,13,14,15,16). The maximum atomic E-state index is 11.3. The SMILES string of the molecule is Cc1ccc(C(C)Nc2nc[nH]c(=O)c2Cl)o1. The van der Waals surface area contributed by atoms with Gasteiger partial charge in [0.2, 0.25) is 0 Å². The van der Waals surface area contributed by atoms with Crippen LogP contribution in [0, 0.1) is 6.92 Å².